The quantitative estimate of drug-likeness (QED) is 0.506. The Hall–Kier alpha value is -3.93. The summed E-state index contributed by atoms with van der Waals surface area (Å²) in [5.41, 5.74) is 4.89. The molecule has 6 heteroatoms. The van der Waals surface area contributed by atoms with E-state index in [9.17, 15) is 9.59 Å². The maximum atomic E-state index is 12.4. The van der Waals surface area contributed by atoms with Gasteiger partial charge in [0.15, 0.2) is 0 Å². The second-order valence-electron chi connectivity index (χ2n) is 7.52. The van der Waals surface area contributed by atoms with Gasteiger partial charge in [-0.3, -0.25) is 14.3 Å². The standard InChI is InChI=1S/C25H24N4O2/c1-19-6-2-3-7-22(19)14-26-25(31)23-15-27-29(18-23)17-21-11-9-20(10-12-21)16-28-13-5-4-8-24(28)30/h2-13,15,18H,14,16-17H2,1H3,(H,26,31). The maximum Gasteiger partial charge on any atom is 0.254 e. The highest BCUT2D eigenvalue weighted by Crippen LogP contribution is 2.10. The van der Waals surface area contributed by atoms with Crippen molar-refractivity contribution in [2.45, 2.75) is 26.6 Å². The number of carbonyl (C=O) groups excluding carboxylic acids is 1. The molecular weight excluding hydrogens is 388 g/mol. The van der Waals surface area contributed by atoms with Crippen molar-refractivity contribution in [3.8, 4) is 0 Å². The Morgan fingerprint density at radius 1 is 0.935 bits per heavy atom. The fraction of sp³-hybridized carbons (Fsp3) is 0.160. The average Bonchev–Trinajstić information content (AvgIpc) is 3.24. The van der Waals surface area contributed by atoms with Crippen LogP contribution >= 0.6 is 0 Å². The molecule has 0 aliphatic carbocycles. The summed E-state index contributed by atoms with van der Waals surface area (Å²) in [6, 6.07) is 21.2. The fourth-order valence-corrected chi connectivity index (χ4v) is 3.38. The van der Waals surface area contributed by atoms with E-state index in [0.29, 0.717) is 25.2 Å². The number of pyridine rings is 1. The molecular formula is C25H24N4O2. The van der Waals surface area contributed by atoms with Crippen molar-refractivity contribution < 1.29 is 4.79 Å². The summed E-state index contributed by atoms with van der Waals surface area (Å²) in [4.78, 5) is 24.3. The van der Waals surface area contributed by atoms with Gasteiger partial charge < -0.3 is 9.88 Å². The Balaban J connectivity index is 1.35. The third-order valence-corrected chi connectivity index (χ3v) is 5.22. The van der Waals surface area contributed by atoms with Gasteiger partial charge in [0.25, 0.3) is 11.5 Å². The summed E-state index contributed by atoms with van der Waals surface area (Å²) >= 11 is 0. The van der Waals surface area contributed by atoms with Crippen LogP contribution in [0.15, 0.2) is 90.1 Å². The summed E-state index contributed by atoms with van der Waals surface area (Å²) in [5.74, 6) is -0.141. The number of benzene rings is 2. The summed E-state index contributed by atoms with van der Waals surface area (Å²) in [6.45, 7) is 3.62. The van der Waals surface area contributed by atoms with Crippen molar-refractivity contribution in [3.05, 3.63) is 123 Å². The number of rotatable bonds is 7. The molecule has 0 atom stereocenters. The SMILES string of the molecule is Cc1ccccc1CNC(=O)c1cnn(Cc2ccc(Cn3ccccc3=O)cc2)c1. The van der Waals surface area contributed by atoms with Crippen molar-refractivity contribution in [3.63, 3.8) is 0 Å². The molecule has 2 heterocycles. The number of hydrogen-bond acceptors (Lipinski definition) is 3. The van der Waals surface area contributed by atoms with Gasteiger partial charge in [-0.15, -0.1) is 0 Å². The molecule has 0 bridgehead atoms. The number of amides is 1. The predicted molar refractivity (Wildman–Crippen MR) is 120 cm³/mol. The molecule has 4 rings (SSSR count). The fourth-order valence-electron chi connectivity index (χ4n) is 3.38. The monoisotopic (exact) mass is 412 g/mol. The van der Waals surface area contributed by atoms with Gasteiger partial charge in [0.05, 0.1) is 24.8 Å². The first-order valence-electron chi connectivity index (χ1n) is 10.2. The zero-order valence-electron chi connectivity index (χ0n) is 17.4. The molecule has 2 aromatic carbocycles. The van der Waals surface area contributed by atoms with Gasteiger partial charge in [-0.25, -0.2) is 0 Å². The first-order chi connectivity index (χ1) is 15.1. The first-order valence-corrected chi connectivity index (χ1v) is 10.2. The van der Waals surface area contributed by atoms with Gasteiger partial charge in [-0.2, -0.15) is 5.10 Å². The van der Waals surface area contributed by atoms with Gasteiger partial charge in [-0.1, -0.05) is 54.6 Å². The molecule has 0 fully saturated rings. The minimum atomic E-state index is -0.141. The van der Waals surface area contributed by atoms with Crippen LogP contribution in [0.5, 0.6) is 0 Å². The van der Waals surface area contributed by atoms with Crippen LogP contribution in [0.2, 0.25) is 0 Å². The lowest BCUT2D eigenvalue weighted by atomic mass is 10.1. The van der Waals surface area contributed by atoms with E-state index in [1.54, 1.807) is 40.0 Å². The summed E-state index contributed by atoms with van der Waals surface area (Å²) < 4.78 is 3.42. The second-order valence-corrected chi connectivity index (χ2v) is 7.52. The van der Waals surface area contributed by atoms with E-state index in [0.717, 1.165) is 22.3 Å². The van der Waals surface area contributed by atoms with Crippen molar-refractivity contribution in [1.29, 1.82) is 0 Å². The summed E-state index contributed by atoms with van der Waals surface area (Å²) in [5, 5.41) is 7.27. The van der Waals surface area contributed by atoms with Crippen LogP contribution in [0.25, 0.3) is 0 Å². The highest BCUT2D eigenvalue weighted by Gasteiger charge is 2.09. The Bertz CT molecular complexity index is 1240. The van der Waals surface area contributed by atoms with Crippen LogP contribution in [0.3, 0.4) is 0 Å². The topological polar surface area (TPSA) is 68.9 Å². The van der Waals surface area contributed by atoms with Crippen molar-refractivity contribution >= 4 is 5.91 Å². The predicted octanol–water partition coefficient (Wildman–Crippen LogP) is 3.38. The Kier molecular flexibility index (Phi) is 6.08. The highest BCUT2D eigenvalue weighted by atomic mass is 16.1. The molecule has 31 heavy (non-hydrogen) atoms. The van der Waals surface area contributed by atoms with Crippen LogP contribution in [0.1, 0.15) is 32.6 Å². The minimum Gasteiger partial charge on any atom is -0.348 e. The number of nitrogens with zero attached hydrogens (tertiary/aromatic N) is 3. The molecule has 1 N–H and O–H groups in total. The number of hydrogen-bond donors (Lipinski definition) is 1. The number of nitrogens with one attached hydrogen (secondary N) is 1. The molecule has 0 spiro atoms. The molecule has 156 valence electrons. The van der Waals surface area contributed by atoms with Crippen LogP contribution in [-0.2, 0) is 19.6 Å². The van der Waals surface area contributed by atoms with Crippen LogP contribution < -0.4 is 10.9 Å². The number of carbonyl (C=O) groups is 1. The average molecular weight is 412 g/mol. The van der Waals surface area contributed by atoms with Crippen LogP contribution in [0, 0.1) is 6.92 Å². The van der Waals surface area contributed by atoms with E-state index in [1.807, 2.05) is 61.5 Å². The van der Waals surface area contributed by atoms with E-state index in [4.69, 9.17) is 0 Å². The molecule has 0 saturated heterocycles. The van der Waals surface area contributed by atoms with Crippen LogP contribution in [0.4, 0.5) is 0 Å². The molecule has 6 nitrogen and oxygen atoms in total. The molecule has 0 saturated carbocycles. The third-order valence-electron chi connectivity index (χ3n) is 5.22. The van der Waals surface area contributed by atoms with Gasteiger partial charge in [0.2, 0.25) is 0 Å². The minimum absolute atomic E-state index is 0.0173. The van der Waals surface area contributed by atoms with Crippen molar-refractivity contribution in [2.75, 3.05) is 0 Å². The van der Waals surface area contributed by atoms with E-state index in [-0.39, 0.29) is 11.5 Å². The zero-order valence-corrected chi connectivity index (χ0v) is 17.4. The lowest BCUT2D eigenvalue weighted by Crippen LogP contribution is -2.22. The zero-order chi connectivity index (χ0) is 21.6. The Morgan fingerprint density at radius 2 is 1.65 bits per heavy atom. The van der Waals surface area contributed by atoms with E-state index < -0.39 is 0 Å². The Morgan fingerprint density at radius 3 is 2.39 bits per heavy atom. The molecule has 0 aliphatic heterocycles. The van der Waals surface area contributed by atoms with Crippen molar-refractivity contribution in [1.82, 2.24) is 19.7 Å². The maximum absolute atomic E-state index is 12.4. The number of aromatic nitrogens is 3. The molecule has 2 aromatic heterocycles. The molecule has 0 radical (unpaired) electrons. The Labute approximate surface area is 180 Å². The van der Waals surface area contributed by atoms with Gasteiger partial charge in [-0.05, 0) is 35.2 Å². The summed E-state index contributed by atoms with van der Waals surface area (Å²) in [6.07, 6.45) is 5.12. The van der Waals surface area contributed by atoms with E-state index in [1.165, 1.54) is 0 Å². The summed E-state index contributed by atoms with van der Waals surface area (Å²) in [7, 11) is 0. The lowest BCUT2D eigenvalue weighted by Gasteiger charge is -2.07. The van der Waals surface area contributed by atoms with E-state index >= 15 is 0 Å². The van der Waals surface area contributed by atoms with Crippen LogP contribution in [-0.4, -0.2) is 20.3 Å². The molecule has 1 amide bonds. The van der Waals surface area contributed by atoms with Gasteiger partial charge >= 0.3 is 0 Å². The third kappa shape index (κ3) is 5.17. The first kappa shape index (κ1) is 20.3. The smallest absolute Gasteiger partial charge is 0.254 e. The van der Waals surface area contributed by atoms with E-state index in [2.05, 4.69) is 10.4 Å². The second kappa shape index (κ2) is 9.26. The van der Waals surface area contributed by atoms with Crippen molar-refractivity contribution in [2.24, 2.45) is 0 Å². The molecule has 4 aromatic rings. The lowest BCUT2D eigenvalue weighted by molar-refractivity contribution is 0.0951. The molecule has 0 unspecified atom stereocenters. The number of aryl methyl sites for hydroxylation is 1. The van der Waals surface area contributed by atoms with Gasteiger partial charge in [0, 0.05) is 25.0 Å². The largest absolute Gasteiger partial charge is 0.348 e. The normalized spacial score (nSPS) is 10.7. The van der Waals surface area contributed by atoms with Gasteiger partial charge in [0.1, 0.15) is 0 Å². The highest BCUT2D eigenvalue weighted by molar-refractivity contribution is 5.93. The molecule has 0 aliphatic rings.